The van der Waals surface area contributed by atoms with E-state index in [9.17, 15) is 18.0 Å². The number of amides is 1. The summed E-state index contributed by atoms with van der Waals surface area (Å²) in [6.45, 7) is 6.87. The van der Waals surface area contributed by atoms with Crippen LogP contribution in [-0.4, -0.2) is 33.3 Å². The fourth-order valence-electron chi connectivity index (χ4n) is 3.16. The molecule has 1 atom stereocenters. The van der Waals surface area contributed by atoms with Crippen LogP contribution in [0.5, 0.6) is 5.75 Å². The lowest BCUT2D eigenvalue weighted by Gasteiger charge is -2.28. The standard InChI is InChI=1S/C20H24F3N3O3/c1-12(10-19(3,4)26-18(27)28)11-29-17-6-5-14(9-15(17)20(21,22)23)16-7-8-24-13(2)25-16/h5-9,12,26H,10-11H2,1-4H3,(H,27,28)/t12-/m0/s1. The maximum Gasteiger partial charge on any atom is 0.419 e. The summed E-state index contributed by atoms with van der Waals surface area (Å²) in [4.78, 5) is 18.9. The Balaban J connectivity index is 2.19. The molecule has 1 aromatic heterocycles. The zero-order valence-corrected chi connectivity index (χ0v) is 16.7. The van der Waals surface area contributed by atoms with Crippen LogP contribution >= 0.6 is 0 Å². The number of nitrogens with zero attached hydrogens (tertiary/aromatic N) is 2. The second-order valence-corrected chi connectivity index (χ2v) is 7.63. The molecular weight excluding hydrogens is 387 g/mol. The zero-order chi connectivity index (χ0) is 21.8. The minimum Gasteiger partial charge on any atom is -0.493 e. The van der Waals surface area contributed by atoms with Crippen molar-refractivity contribution in [3.05, 3.63) is 41.9 Å². The van der Waals surface area contributed by atoms with Gasteiger partial charge in [0.15, 0.2) is 0 Å². The minimum atomic E-state index is -4.60. The highest BCUT2D eigenvalue weighted by Crippen LogP contribution is 2.38. The van der Waals surface area contributed by atoms with Crippen LogP contribution in [0.15, 0.2) is 30.5 Å². The Hall–Kier alpha value is -2.84. The number of hydrogen-bond acceptors (Lipinski definition) is 4. The molecule has 0 spiro atoms. The Labute approximate surface area is 167 Å². The van der Waals surface area contributed by atoms with E-state index in [1.165, 1.54) is 18.3 Å². The molecule has 1 heterocycles. The summed E-state index contributed by atoms with van der Waals surface area (Å²) in [5, 5.41) is 11.2. The summed E-state index contributed by atoms with van der Waals surface area (Å²) in [6.07, 6.45) is -3.86. The molecule has 9 heteroatoms. The number of aromatic nitrogens is 2. The van der Waals surface area contributed by atoms with Crippen LogP contribution in [0.4, 0.5) is 18.0 Å². The Morgan fingerprint density at radius 2 is 1.97 bits per heavy atom. The summed E-state index contributed by atoms with van der Waals surface area (Å²) < 4.78 is 46.2. The molecule has 0 aliphatic heterocycles. The van der Waals surface area contributed by atoms with E-state index in [0.717, 1.165) is 6.07 Å². The van der Waals surface area contributed by atoms with E-state index in [4.69, 9.17) is 9.84 Å². The molecule has 0 bridgehead atoms. The molecule has 0 radical (unpaired) electrons. The van der Waals surface area contributed by atoms with Crippen LogP contribution in [0.1, 0.15) is 38.6 Å². The first kappa shape index (κ1) is 22.4. The molecule has 0 aliphatic carbocycles. The van der Waals surface area contributed by atoms with E-state index in [0.29, 0.717) is 23.5 Å². The van der Waals surface area contributed by atoms with Gasteiger partial charge in [0.05, 0.1) is 17.9 Å². The number of aryl methyl sites for hydroxylation is 1. The highest BCUT2D eigenvalue weighted by atomic mass is 19.4. The molecule has 158 valence electrons. The van der Waals surface area contributed by atoms with Gasteiger partial charge in [0.2, 0.25) is 0 Å². The number of alkyl halides is 3. The molecule has 29 heavy (non-hydrogen) atoms. The molecule has 0 saturated heterocycles. The number of hydrogen-bond donors (Lipinski definition) is 2. The summed E-state index contributed by atoms with van der Waals surface area (Å²) >= 11 is 0. The summed E-state index contributed by atoms with van der Waals surface area (Å²) in [7, 11) is 0. The van der Waals surface area contributed by atoms with Crippen molar-refractivity contribution in [2.75, 3.05) is 6.61 Å². The van der Waals surface area contributed by atoms with Crippen LogP contribution in [0.3, 0.4) is 0 Å². The number of carboxylic acid groups (broad SMARTS) is 1. The lowest BCUT2D eigenvalue weighted by atomic mass is 9.92. The van der Waals surface area contributed by atoms with Crippen molar-refractivity contribution >= 4 is 6.09 Å². The Morgan fingerprint density at radius 3 is 2.55 bits per heavy atom. The highest BCUT2D eigenvalue weighted by Gasteiger charge is 2.35. The number of halogens is 3. The van der Waals surface area contributed by atoms with Gasteiger partial charge in [-0.25, -0.2) is 14.8 Å². The topological polar surface area (TPSA) is 84.3 Å². The minimum absolute atomic E-state index is 0.0137. The third kappa shape index (κ3) is 6.62. The van der Waals surface area contributed by atoms with Crippen LogP contribution in [0.2, 0.25) is 0 Å². The summed E-state index contributed by atoms with van der Waals surface area (Å²) in [6, 6.07) is 5.36. The van der Waals surface area contributed by atoms with Gasteiger partial charge in [0, 0.05) is 17.3 Å². The van der Waals surface area contributed by atoms with Gasteiger partial charge >= 0.3 is 12.3 Å². The fraction of sp³-hybridized carbons (Fsp3) is 0.450. The van der Waals surface area contributed by atoms with E-state index in [1.54, 1.807) is 33.8 Å². The molecule has 1 amide bonds. The van der Waals surface area contributed by atoms with Crippen LogP contribution in [0.25, 0.3) is 11.3 Å². The maximum atomic E-state index is 13.6. The van der Waals surface area contributed by atoms with E-state index in [-0.39, 0.29) is 18.3 Å². The second kappa shape index (κ2) is 8.67. The van der Waals surface area contributed by atoms with Crippen LogP contribution in [0, 0.1) is 12.8 Å². The van der Waals surface area contributed by atoms with Gasteiger partial charge in [0.1, 0.15) is 11.6 Å². The molecule has 2 rings (SSSR count). The Morgan fingerprint density at radius 1 is 1.28 bits per heavy atom. The Kier molecular flexibility index (Phi) is 6.71. The average molecular weight is 411 g/mol. The smallest absolute Gasteiger partial charge is 0.419 e. The van der Waals surface area contributed by atoms with Gasteiger partial charge in [-0.1, -0.05) is 6.92 Å². The van der Waals surface area contributed by atoms with Crippen molar-refractivity contribution in [1.29, 1.82) is 0 Å². The average Bonchev–Trinajstić information content (AvgIpc) is 2.57. The first-order valence-electron chi connectivity index (χ1n) is 9.02. The lowest BCUT2D eigenvalue weighted by Crippen LogP contribution is -2.44. The van der Waals surface area contributed by atoms with Gasteiger partial charge in [0.25, 0.3) is 0 Å². The van der Waals surface area contributed by atoms with E-state index < -0.39 is 23.4 Å². The molecular formula is C20H24F3N3O3. The molecule has 6 nitrogen and oxygen atoms in total. The van der Waals surface area contributed by atoms with Crippen molar-refractivity contribution in [2.24, 2.45) is 5.92 Å². The van der Waals surface area contributed by atoms with Gasteiger partial charge in [-0.15, -0.1) is 0 Å². The first-order valence-corrected chi connectivity index (χ1v) is 9.02. The van der Waals surface area contributed by atoms with E-state index in [1.807, 2.05) is 0 Å². The predicted molar refractivity (Wildman–Crippen MR) is 102 cm³/mol. The monoisotopic (exact) mass is 411 g/mol. The van der Waals surface area contributed by atoms with E-state index in [2.05, 4.69) is 15.3 Å². The lowest BCUT2D eigenvalue weighted by molar-refractivity contribution is -0.139. The summed E-state index contributed by atoms with van der Waals surface area (Å²) in [5.41, 5.74) is -0.906. The van der Waals surface area contributed by atoms with Gasteiger partial charge in [-0.05, 0) is 57.4 Å². The zero-order valence-electron chi connectivity index (χ0n) is 16.7. The quantitative estimate of drug-likeness (QED) is 0.675. The molecule has 0 fully saturated rings. The van der Waals surface area contributed by atoms with Crippen LogP contribution in [-0.2, 0) is 6.18 Å². The van der Waals surface area contributed by atoms with Gasteiger partial charge in [-0.3, -0.25) is 0 Å². The van der Waals surface area contributed by atoms with Crippen molar-refractivity contribution < 1.29 is 27.8 Å². The molecule has 0 unspecified atom stereocenters. The van der Waals surface area contributed by atoms with Crippen LogP contribution < -0.4 is 10.1 Å². The van der Waals surface area contributed by atoms with Crippen molar-refractivity contribution in [2.45, 2.75) is 45.8 Å². The SMILES string of the molecule is Cc1nccc(-c2ccc(OC[C@@H](C)CC(C)(C)NC(=O)O)c(C(F)(F)F)c2)n1. The third-order valence-electron chi connectivity index (χ3n) is 4.18. The normalized spacial score (nSPS) is 13.1. The van der Waals surface area contributed by atoms with Gasteiger partial charge in [-0.2, -0.15) is 13.2 Å². The number of carbonyl (C=O) groups is 1. The molecule has 2 N–H and O–H groups in total. The van der Waals surface area contributed by atoms with Gasteiger partial charge < -0.3 is 15.2 Å². The predicted octanol–water partition coefficient (Wildman–Crippen LogP) is 4.92. The largest absolute Gasteiger partial charge is 0.493 e. The highest BCUT2D eigenvalue weighted by molar-refractivity contribution is 5.65. The second-order valence-electron chi connectivity index (χ2n) is 7.63. The number of rotatable bonds is 7. The number of nitrogens with one attached hydrogen (secondary N) is 1. The molecule has 2 aromatic rings. The molecule has 1 aromatic carbocycles. The van der Waals surface area contributed by atoms with E-state index >= 15 is 0 Å². The van der Waals surface area contributed by atoms with Crippen molar-refractivity contribution in [3.8, 4) is 17.0 Å². The number of ether oxygens (including phenoxy) is 1. The van der Waals surface area contributed by atoms with Crippen molar-refractivity contribution in [3.63, 3.8) is 0 Å². The Bertz CT molecular complexity index is 870. The number of benzene rings is 1. The first-order chi connectivity index (χ1) is 13.4. The third-order valence-corrected chi connectivity index (χ3v) is 4.18. The molecule has 0 saturated carbocycles. The molecule has 0 aliphatic rings. The fourth-order valence-corrected chi connectivity index (χ4v) is 3.16. The summed E-state index contributed by atoms with van der Waals surface area (Å²) in [5.74, 6) is 0.00722. The van der Waals surface area contributed by atoms with Crippen molar-refractivity contribution in [1.82, 2.24) is 15.3 Å². The maximum absolute atomic E-state index is 13.6.